The Morgan fingerprint density at radius 2 is 2.33 bits per heavy atom. The lowest BCUT2D eigenvalue weighted by atomic mass is 10.1. The molecule has 76 valence electrons. The molecule has 2 heterocycles. The van der Waals surface area contributed by atoms with Gasteiger partial charge in [-0.2, -0.15) is 0 Å². The molecule has 5 heteroatoms. The van der Waals surface area contributed by atoms with Crippen LogP contribution in [0.3, 0.4) is 0 Å². The predicted molar refractivity (Wildman–Crippen MR) is 53.7 cm³/mol. The van der Waals surface area contributed by atoms with Crippen LogP contribution in [0.15, 0.2) is 29.3 Å². The molecule has 0 aliphatic rings. The van der Waals surface area contributed by atoms with Gasteiger partial charge in [0.25, 0.3) is 5.56 Å². The number of nitrogens with zero attached hydrogens (tertiary/aromatic N) is 1. The number of carbonyl (C=O) groups is 1. The molecule has 0 fully saturated rings. The van der Waals surface area contributed by atoms with E-state index in [1.807, 2.05) is 0 Å². The first-order valence-electron chi connectivity index (χ1n) is 4.34. The summed E-state index contributed by atoms with van der Waals surface area (Å²) < 4.78 is 0. The van der Waals surface area contributed by atoms with E-state index in [0.29, 0.717) is 5.52 Å². The number of hydrogen-bond acceptors (Lipinski definition) is 3. The summed E-state index contributed by atoms with van der Waals surface area (Å²) in [5, 5.41) is 9.32. The van der Waals surface area contributed by atoms with Crippen molar-refractivity contribution in [2.45, 2.75) is 6.42 Å². The SMILES string of the molecule is O=C(O)Cc1cc2cnccc2[nH]c1=O. The van der Waals surface area contributed by atoms with Gasteiger partial charge in [0.05, 0.1) is 11.9 Å². The average Bonchev–Trinajstić information content (AvgIpc) is 2.18. The van der Waals surface area contributed by atoms with Crippen LogP contribution in [0.5, 0.6) is 0 Å². The van der Waals surface area contributed by atoms with Crippen LogP contribution in [0.1, 0.15) is 5.56 Å². The first kappa shape index (κ1) is 9.39. The van der Waals surface area contributed by atoms with Crippen LogP contribution >= 0.6 is 0 Å². The number of pyridine rings is 2. The fourth-order valence-corrected chi connectivity index (χ4v) is 1.39. The minimum Gasteiger partial charge on any atom is -0.481 e. The first-order valence-corrected chi connectivity index (χ1v) is 4.34. The lowest BCUT2D eigenvalue weighted by molar-refractivity contribution is -0.136. The quantitative estimate of drug-likeness (QED) is 0.748. The van der Waals surface area contributed by atoms with Gasteiger partial charge in [0.1, 0.15) is 0 Å². The van der Waals surface area contributed by atoms with Gasteiger partial charge in [-0.05, 0) is 12.1 Å². The number of aromatic amines is 1. The fraction of sp³-hybridized carbons (Fsp3) is 0.100. The number of fused-ring (bicyclic) bond motifs is 1. The Labute approximate surface area is 84.4 Å². The van der Waals surface area contributed by atoms with E-state index in [1.165, 1.54) is 0 Å². The maximum absolute atomic E-state index is 11.4. The number of aliphatic carboxylic acids is 1. The third kappa shape index (κ3) is 1.85. The van der Waals surface area contributed by atoms with Crippen LogP contribution < -0.4 is 5.56 Å². The number of H-pyrrole nitrogens is 1. The average molecular weight is 204 g/mol. The number of rotatable bonds is 2. The molecule has 0 saturated heterocycles. The van der Waals surface area contributed by atoms with Crippen molar-refractivity contribution in [3.63, 3.8) is 0 Å². The summed E-state index contributed by atoms with van der Waals surface area (Å²) in [6.07, 6.45) is 2.87. The molecule has 0 atom stereocenters. The van der Waals surface area contributed by atoms with Gasteiger partial charge < -0.3 is 10.1 Å². The van der Waals surface area contributed by atoms with Gasteiger partial charge in [-0.1, -0.05) is 0 Å². The van der Waals surface area contributed by atoms with Gasteiger partial charge in [-0.15, -0.1) is 0 Å². The molecule has 0 amide bonds. The normalized spacial score (nSPS) is 10.4. The number of aromatic nitrogens is 2. The van der Waals surface area contributed by atoms with Crippen LogP contribution in [0, 0.1) is 0 Å². The molecule has 0 aromatic carbocycles. The Bertz CT molecular complexity index is 574. The molecule has 0 saturated carbocycles. The maximum atomic E-state index is 11.4. The van der Waals surface area contributed by atoms with Crippen LogP contribution in [0.4, 0.5) is 0 Å². The number of hydrogen-bond donors (Lipinski definition) is 2. The monoisotopic (exact) mass is 204 g/mol. The first-order chi connectivity index (χ1) is 7.16. The predicted octanol–water partition coefficient (Wildman–Crippen LogP) is 0.550. The van der Waals surface area contributed by atoms with Crippen molar-refractivity contribution in [2.24, 2.45) is 0 Å². The van der Waals surface area contributed by atoms with Crippen molar-refractivity contribution in [1.29, 1.82) is 0 Å². The molecule has 0 spiro atoms. The Morgan fingerprint density at radius 3 is 3.07 bits per heavy atom. The highest BCUT2D eigenvalue weighted by Gasteiger charge is 2.06. The second kappa shape index (κ2) is 3.53. The zero-order valence-electron chi connectivity index (χ0n) is 7.73. The minimum atomic E-state index is -1.02. The Morgan fingerprint density at radius 1 is 1.53 bits per heavy atom. The molecule has 0 unspecified atom stereocenters. The van der Waals surface area contributed by atoms with Gasteiger partial charge in [-0.3, -0.25) is 14.6 Å². The van der Waals surface area contributed by atoms with Crippen molar-refractivity contribution < 1.29 is 9.90 Å². The molecular weight excluding hydrogens is 196 g/mol. The van der Waals surface area contributed by atoms with Crippen LogP contribution in [-0.4, -0.2) is 21.0 Å². The van der Waals surface area contributed by atoms with Crippen molar-refractivity contribution in [2.75, 3.05) is 0 Å². The lowest BCUT2D eigenvalue weighted by Crippen LogP contribution is -2.15. The summed E-state index contributed by atoms with van der Waals surface area (Å²) in [5.41, 5.74) is 0.531. The highest BCUT2D eigenvalue weighted by Crippen LogP contribution is 2.08. The van der Waals surface area contributed by atoms with Gasteiger partial charge in [0.2, 0.25) is 0 Å². The molecule has 0 bridgehead atoms. The van der Waals surface area contributed by atoms with Gasteiger partial charge in [0, 0.05) is 23.3 Å². The van der Waals surface area contributed by atoms with Gasteiger partial charge in [-0.25, -0.2) is 0 Å². The van der Waals surface area contributed by atoms with E-state index in [2.05, 4.69) is 9.97 Å². The highest BCUT2D eigenvalue weighted by molar-refractivity contribution is 5.79. The molecule has 5 nitrogen and oxygen atoms in total. The molecule has 0 aliphatic carbocycles. The van der Waals surface area contributed by atoms with Crippen LogP contribution in [0.2, 0.25) is 0 Å². The number of nitrogens with one attached hydrogen (secondary N) is 1. The zero-order chi connectivity index (χ0) is 10.8. The molecule has 0 radical (unpaired) electrons. The number of carboxylic acids is 1. The second-order valence-electron chi connectivity index (χ2n) is 3.16. The summed E-state index contributed by atoms with van der Waals surface area (Å²) in [7, 11) is 0. The molecule has 15 heavy (non-hydrogen) atoms. The zero-order valence-corrected chi connectivity index (χ0v) is 7.73. The second-order valence-corrected chi connectivity index (χ2v) is 3.16. The standard InChI is InChI=1S/C10H8N2O3/c13-9(14)4-6-3-7-5-11-2-1-8(7)12-10(6)15/h1-3,5H,4H2,(H,12,15)(H,13,14). The molecule has 2 rings (SSSR count). The minimum absolute atomic E-state index is 0.239. The van der Waals surface area contributed by atoms with Gasteiger partial charge in [0.15, 0.2) is 0 Å². The fourth-order valence-electron chi connectivity index (χ4n) is 1.39. The van der Waals surface area contributed by atoms with E-state index in [9.17, 15) is 9.59 Å². The Kier molecular flexibility index (Phi) is 2.21. The molecule has 2 aromatic heterocycles. The number of carboxylic acid groups (broad SMARTS) is 1. The molecule has 0 aliphatic heterocycles. The highest BCUT2D eigenvalue weighted by atomic mass is 16.4. The smallest absolute Gasteiger partial charge is 0.308 e. The van der Waals surface area contributed by atoms with E-state index in [1.54, 1.807) is 24.5 Å². The van der Waals surface area contributed by atoms with Crippen molar-refractivity contribution in [3.05, 3.63) is 40.4 Å². The van der Waals surface area contributed by atoms with Crippen molar-refractivity contribution in [3.8, 4) is 0 Å². The van der Waals surface area contributed by atoms with Crippen molar-refractivity contribution >= 4 is 16.9 Å². The third-order valence-electron chi connectivity index (χ3n) is 2.06. The maximum Gasteiger partial charge on any atom is 0.308 e. The Balaban J connectivity index is 2.62. The van der Waals surface area contributed by atoms with E-state index in [4.69, 9.17) is 5.11 Å². The van der Waals surface area contributed by atoms with Crippen LogP contribution in [0.25, 0.3) is 10.9 Å². The van der Waals surface area contributed by atoms with E-state index in [0.717, 1.165) is 5.39 Å². The summed E-state index contributed by atoms with van der Waals surface area (Å²) >= 11 is 0. The largest absolute Gasteiger partial charge is 0.481 e. The Hall–Kier alpha value is -2.17. The van der Waals surface area contributed by atoms with E-state index >= 15 is 0 Å². The topological polar surface area (TPSA) is 83.0 Å². The molecule has 2 aromatic rings. The summed E-state index contributed by atoms with van der Waals surface area (Å²) in [5.74, 6) is -1.02. The van der Waals surface area contributed by atoms with E-state index < -0.39 is 5.97 Å². The summed E-state index contributed by atoms with van der Waals surface area (Å²) in [4.78, 5) is 28.4. The molecular formula is C10H8N2O3. The lowest BCUT2D eigenvalue weighted by Gasteiger charge is -1.99. The van der Waals surface area contributed by atoms with Crippen LogP contribution in [-0.2, 0) is 11.2 Å². The van der Waals surface area contributed by atoms with Crippen molar-refractivity contribution in [1.82, 2.24) is 9.97 Å². The summed E-state index contributed by atoms with van der Waals surface area (Å²) in [6, 6.07) is 3.22. The summed E-state index contributed by atoms with van der Waals surface area (Å²) in [6.45, 7) is 0. The van der Waals surface area contributed by atoms with E-state index in [-0.39, 0.29) is 17.5 Å². The van der Waals surface area contributed by atoms with Gasteiger partial charge >= 0.3 is 5.97 Å². The third-order valence-corrected chi connectivity index (χ3v) is 2.06. The molecule has 2 N–H and O–H groups in total.